The van der Waals surface area contributed by atoms with E-state index < -0.39 is 18.1 Å². The van der Waals surface area contributed by atoms with Gasteiger partial charge in [-0.2, -0.15) is 0 Å². The number of nitrogens with two attached hydrogens (primary N) is 2. The Labute approximate surface area is 127 Å². The van der Waals surface area contributed by atoms with Crippen molar-refractivity contribution in [1.82, 2.24) is 10.3 Å². The van der Waals surface area contributed by atoms with Crippen LogP contribution in [0, 0.1) is 0 Å². The molecule has 2 rings (SSSR count). The molecule has 0 aliphatic carbocycles. The lowest BCUT2D eigenvalue weighted by Gasteiger charge is -2.13. The fourth-order valence-corrected chi connectivity index (χ4v) is 2.24. The Morgan fingerprint density at radius 3 is 2.68 bits per heavy atom. The summed E-state index contributed by atoms with van der Waals surface area (Å²) >= 11 is 0. The fraction of sp³-hybridized carbons (Fsp3) is 0.333. The van der Waals surface area contributed by atoms with Crippen LogP contribution in [0.3, 0.4) is 0 Å². The molecule has 7 nitrogen and oxygen atoms in total. The van der Waals surface area contributed by atoms with Gasteiger partial charge in [-0.25, -0.2) is 0 Å². The summed E-state index contributed by atoms with van der Waals surface area (Å²) in [6, 6.07) is 6.11. The number of carbonyl (C=O) groups excluding carboxylic acids is 1. The number of nitrogens with one attached hydrogen (secondary N) is 2. The molecule has 0 radical (unpaired) electrons. The summed E-state index contributed by atoms with van der Waals surface area (Å²) in [5.41, 5.74) is 13.2. The smallest absolute Gasteiger partial charge is 0.320 e. The number of amides is 1. The highest BCUT2D eigenvalue weighted by atomic mass is 16.4. The largest absolute Gasteiger partial charge is 0.480 e. The van der Waals surface area contributed by atoms with Crippen molar-refractivity contribution >= 4 is 22.8 Å². The first-order valence-electron chi connectivity index (χ1n) is 7.05. The molecule has 0 unspecified atom stereocenters. The Kier molecular flexibility index (Phi) is 5.13. The van der Waals surface area contributed by atoms with Gasteiger partial charge in [0.2, 0.25) is 5.91 Å². The summed E-state index contributed by atoms with van der Waals surface area (Å²) in [7, 11) is 0. The minimum Gasteiger partial charge on any atom is -0.480 e. The molecule has 0 saturated carbocycles. The predicted molar refractivity (Wildman–Crippen MR) is 83.2 cm³/mol. The number of benzene rings is 1. The summed E-state index contributed by atoms with van der Waals surface area (Å²) in [5, 5.41) is 12.3. The van der Waals surface area contributed by atoms with Gasteiger partial charge < -0.3 is 26.9 Å². The van der Waals surface area contributed by atoms with E-state index in [0.717, 1.165) is 16.5 Å². The molecule has 1 aromatic heterocycles. The molecule has 0 spiro atoms. The van der Waals surface area contributed by atoms with Crippen molar-refractivity contribution in [1.29, 1.82) is 0 Å². The van der Waals surface area contributed by atoms with E-state index in [-0.39, 0.29) is 18.9 Å². The zero-order valence-corrected chi connectivity index (χ0v) is 12.1. The van der Waals surface area contributed by atoms with Crippen LogP contribution in [0.15, 0.2) is 30.5 Å². The van der Waals surface area contributed by atoms with Gasteiger partial charge in [-0.05, 0) is 24.5 Å². The number of carboxylic acids is 1. The normalized spacial score (nSPS) is 13.7. The Morgan fingerprint density at radius 1 is 1.23 bits per heavy atom. The topological polar surface area (TPSA) is 134 Å². The van der Waals surface area contributed by atoms with Gasteiger partial charge in [0.15, 0.2) is 0 Å². The third-order valence-corrected chi connectivity index (χ3v) is 3.52. The van der Waals surface area contributed by atoms with Crippen LogP contribution >= 0.6 is 0 Å². The van der Waals surface area contributed by atoms with E-state index in [0.29, 0.717) is 6.42 Å². The van der Waals surface area contributed by atoms with Gasteiger partial charge >= 0.3 is 5.97 Å². The van der Waals surface area contributed by atoms with E-state index in [1.54, 1.807) is 0 Å². The Morgan fingerprint density at radius 2 is 1.95 bits per heavy atom. The van der Waals surface area contributed by atoms with E-state index in [4.69, 9.17) is 16.6 Å². The monoisotopic (exact) mass is 304 g/mol. The third-order valence-electron chi connectivity index (χ3n) is 3.52. The molecule has 22 heavy (non-hydrogen) atoms. The molecule has 7 N–H and O–H groups in total. The zero-order chi connectivity index (χ0) is 16.1. The van der Waals surface area contributed by atoms with E-state index in [2.05, 4.69) is 10.3 Å². The maximum absolute atomic E-state index is 11.9. The molecule has 1 amide bonds. The first-order chi connectivity index (χ1) is 10.5. The second-order valence-corrected chi connectivity index (χ2v) is 5.19. The Hall–Kier alpha value is -2.38. The lowest BCUT2D eigenvalue weighted by molar-refractivity contribution is -0.138. The quantitative estimate of drug-likeness (QED) is 0.489. The number of aromatic amines is 1. The predicted octanol–water partition coefficient (Wildman–Crippen LogP) is -0.0441. The molecule has 1 aromatic carbocycles. The number of hydrogen-bond acceptors (Lipinski definition) is 4. The lowest BCUT2D eigenvalue weighted by Crippen LogP contribution is -2.44. The summed E-state index contributed by atoms with van der Waals surface area (Å²) < 4.78 is 0. The third kappa shape index (κ3) is 3.84. The molecule has 2 atom stereocenters. The summed E-state index contributed by atoms with van der Waals surface area (Å²) in [6.07, 6.45) is 2.42. The molecule has 0 saturated heterocycles. The van der Waals surface area contributed by atoms with Gasteiger partial charge in [0.1, 0.15) is 6.04 Å². The van der Waals surface area contributed by atoms with E-state index in [1.807, 2.05) is 30.5 Å². The second kappa shape index (κ2) is 7.06. The van der Waals surface area contributed by atoms with Crippen LogP contribution in [0.4, 0.5) is 0 Å². The minimum atomic E-state index is -1.09. The summed E-state index contributed by atoms with van der Waals surface area (Å²) in [6.45, 7) is 0.188. The van der Waals surface area contributed by atoms with E-state index in [1.165, 1.54) is 0 Å². The molecular formula is C15H20N4O3. The molecule has 0 fully saturated rings. The van der Waals surface area contributed by atoms with Crippen LogP contribution in [0.5, 0.6) is 0 Å². The number of aliphatic carboxylic acids is 1. The van der Waals surface area contributed by atoms with Gasteiger partial charge in [-0.3, -0.25) is 9.59 Å². The lowest BCUT2D eigenvalue weighted by atomic mass is 10.0. The van der Waals surface area contributed by atoms with Gasteiger partial charge in [0.25, 0.3) is 0 Å². The van der Waals surface area contributed by atoms with Crippen LogP contribution in [0.1, 0.15) is 12.0 Å². The SMILES string of the molecule is N[C@H](Cc1c[nH]c2ccccc12)C(=O)NCC[C@H](N)C(=O)O. The molecule has 7 heteroatoms. The molecule has 0 aliphatic rings. The van der Waals surface area contributed by atoms with Crippen LogP contribution in [0.25, 0.3) is 10.9 Å². The highest BCUT2D eigenvalue weighted by Gasteiger charge is 2.17. The van der Waals surface area contributed by atoms with Crippen LogP contribution < -0.4 is 16.8 Å². The number of carbonyl (C=O) groups is 2. The Bertz CT molecular complexity index is 668. The average molecular weight is 304 g/mol. The Balaban J connectivity index is 1.87. The van der Waals surface area contributed by atoms with Crippen molar-refractivity contribution in [2.45, 2.75) is 24.9 Å². The van der Waals surface area contributed by atoms with Crippen molar-refractivity contribution < 1.29 is 14.7 Å². The van der Waals surface area contributed by atoms with Gasteiger partial charge in [-0.1, -0.05) is 18.2 Å². The van der Waals surface area contributed by atoms with Crippen molar-refractivity contribution in [3.63, 3.8) is 0 Å². The number of fused-ring (bicyclic) bond motifs is 1. The number of aromatic nitrogens is 1. The standard InChI is InChI=1S/C15H20N4O3/c16-11(15(21)22)5-6-18-14(20)12(17)7-9-8-19-13-4-2-1-3-10(9)13/h1-4,8,11-12,19H,5-7,16-17H2,(H,18,20)(H,21,22)/t11-,12+/m0/s1. The van der Waals surface area contributed by atoms with Crippen molar-refractivity contribution in [3.05, 3.63) is 36.0 Å². The maximum atomic E-state index is 11.9. The maximum Gasteiger partial charge on any atom is 0.320 e. The molecule has 1 heterocycles. The number of H-pyrrole nitrogens is 1. The first-order valence-corrected chi connectivity index (χ1v) is 7.05. The number of carboxylic acid groups (broad SMARTS) is 1. The molecule has 0 bridgehead atoms. The van der Waals surface area contributed by atoms with Crippen LogP contribution in [0.2, 0.25) is 0 Å². The fourth-order valence-electron chi connectivity index (χ4n) is 2.24. The van der Waals surface area contributed by atoms with Crippen molar-refractivity contribution in [3.8, 4) is 0 Å². The van der Waals surface area contributed by atoms with Crippen LogP contribution in [-0.4, -0.2) is 40.6 Å². The summed E-state index contributed by atoms with van der Waals surface area (Å²) in [5.74, 6) is -1.40. The highest BCUT2D eigenvalue weighted by Crippen LogP contribution is 2.18. The van der Waals surface area contributed by atoms with Crippen molar-refractivity contribution in [2.24, 2.45) is 11.5 Å². The zero-order valence-electron chi connectivity index (χ0n) is 12.1. The number of para-hydroxylation sites is 1. The number of hydrogen-bond donors (Lipinski definition) is 5. The van der Waals surface area contributed by atoms with E-state index >= 15 is 0 Å². The van der Waals surface area contributed by atoms with E-state index in [9.17, 15) is 9.59 Å². The molecular weight excluding hydrogens is 284 g/mol. The van der Waals surface area contributed by atoms with Gasteiger partial charge in [-0.15, -0.1) is 0 Å². The van der Waals surface area contributed by atoms with Crippen LogP contribution in [-0.2, 0) is 16.0 Å². The summed E-state index contributed by atoms with van der Waals surface area (Å²) in [4.78, 5) is 25.6. The molecule has 2 aromatic rings. The average Bonchev–Trinajstić information content (AvgIpc) is 2.90. The van der Waals surface area contributed by atoms with Crippen molar-refractivity contribution in [2.75, 3.05) is 6.54 Å². The highest BCUT2D eigenvalue weighted by molar-refractivity contribution is 5.86. The molecule has 118 valence electrons. The van der Waals surface area contributed by atoms with Gasteiger partial charge in [0.05, 0.1) is 6.04 Å². The molecule has 0 aliphatic heterocycles. The minimum absolute atomic E-state index is 0.168. The second-order valence-electron chi connectivity index (χ2n) is 5.19. The number of rotatable bonds is 7. The first kappa shape index (κ1) is 16.0. The van der Waals surface area contributed by atoms with Gasteiger partial charge in [0, 0.05) is 23.6 Å².